The van der Waals surface area contributed by atoms with E-state index in [1.807, 2.05) is 0 Å². The lowest BCUT2D eigenvalue weighted by molar-refractivity contribution is 0.755. The summed E-state index contributed by atoms with van der Waals surface area (Å²) in [6, 6.07) is 9.14. The van der Waals surface area contributed by atoms with Crippen LogP contribution in [0.1, 0.15) is 50.8 Å². The molecule has 0 saturated carbocycles. The number of hydrogen-bond donors (Lipinski definition) is 0. The first-order valence-corrected chi connectivity index (χ1v) is 6.10. The molecule has 1 nitrogen and oxygen atoms in total. The molecular weight excluding hydrogens is 194 g/mol. The minimum absolute atomic E-state index is 0.583. The quantitative estimate of drug-likeness (QED) is 0.698. The highest BCUT2D eigenvalue weighted by atomic mass is 14.9. The van der Waals surface area contributed by atoms with Gasteiger partial charge in [0.15, 0.2) is 0 Å². The average Bonchev–Trinajstić information content (AvgIpc) is 2.55. The monoisotopic (exact) mass is 215 g/mol. The molecule has 16 heavy (non-hydrogen) atoms. The zero-order valence-electron chi connectivity index (χ0n) is 10.9. The normalized spacial score (nSPS) is 11.9. The number of fused-ring (bicyclic) bond motifs is 1. The maximum absolute atomic E-state index is 2.33. The number of benzene rings is 1. The number of nitrogens with zero attached hydrogens (tertiary/aromatic N) is 1. The summed E-state index contributed by atoms with van der Waals surface area (Å²) in [6.45, 7) is 8.98. The van der Waals surface area contributed by atoms with Crippen LogP contribution in [0.4, 0.5) is 0 Å². The van der Waals surface area contributed by atoms with Gasteiger partial charge in [-0.3, -0.25) is 0 Å². The van der Waals surface area contributed by atoms with Gasteiger partial charge in [-0.05, 0) is 35.6 Å². The topological polar surface area (TPSA) is 4.93 Å². The molecule has 0 fully saturated rings. The van der Waals surface area contributed by atoms with Gasteiger partial charge in [0.1, 0.15) is 0 Å². The van der Waals surface area contributed by atoms with Crippen molar-refractivity contribution < 1.29 is 0 Å². The minimum atomic E-state index is 0.583. The van der Waals surface area contributed by atoms with Crippen molar-refractivity contribution in [2.75, 3.05) is 0 Å². The number of rotatable bonds is 2. The number of hydrogen-bond acceptors (Lipinski definition) is 0. The highest BCUT2D eigenvalue weighted by molar-refractivity contribution is 5.82. The summed E-state index contributed by atoms with van der Waals surface area (Å²) >= 11 is 0. The van der Waals surface area contributed by atoms with Crippen LogP contribution in [0.15, 0.2) is 24.3 Å². The second kappa shape index (κ2) is 3.97. The van der Waals surface area contributed by atoms with E-state index in [9.17, 15) is 0 Å². The van der Waals surface area contributed by atoms with Gasteiger partial charge in [0.25, 0.3) is 0 Å². The molecular formula is C15H21N. The highest BCUT2D eigenvalue weighted by Crippen LogP contribution is 2.27. The molecule has 0 spiro atoms. The van der Waals surface area contributed by atoms with Crippen molar-refractivity contribution in [2.24, 2.45) is 7.05 Å². The van der Waals surface area contributed by atoms with Crippen molar-refractivity contribution in [1.29, 1.82) is 0 Å². The van der Waals surface area contributed by atoms with Crippen LogP contribution >= 0.6 is 0 Å². The highest BCUT2D eigenvalue weighted by Gasteiger charge is 2.09. The van der Waals surface area contributed by atoms with Crippen LogP contribution in [-0.2, 0) is 7.05 Å². The van der Waals surface area contributed by atoms with Crippen molar-refractivity contribution >= 4 is 10.9 Å². The molecule has 2 aromatic rings. The summed E-state index contributed by atoms with van der Waals surface area (Å²) in [4.78, 5) is 0. The molecule has 0 aliphatic heterocycles. The molecule has 0 saturated heterocycles. The van der Waals surface area contributed by atoms with Crippen molar-refractivity contribution in [3.8, 4) is 0 Å². The first kappa shape index (κ1) is 11.3. The Balaban J connectivity index is 2.63. The van der Waals surface area contributed by atoms with Gasteiger partial charge in [0.05, 0.1) is 0 Å². The molecule has 1 heterocycles. The Labute approximate surface area is 98.1 Å². The van der Waals surface area contributed by atoms with E-state index < -0.39 is 0 Å². The van der Waals surface area contributed by atoms with Gasteiger partial charge in [-0.1, -0.05) is 33.8 Å². The van der Waals surface area contributed by atoms with Gasteiger partial charge < -0.3 is 4.57 Å². The maximum Gasteiger partial charge on any atom is 0.0480 e. The predicted molar refractivity (Wildman–Crippen MR) is 71.1 cm³/mol. The number of aromatic nitrogens is 1. The van der Waals surface area contributed by atoms with Gasteiger partial charge in [-0.2, -0.15) is 0 Å². The summed E-state index contributed by atoms with van der Waals surface area (Å²) in [5.74, 6) is 1.19. The fourth-order valence-electron chi connectivity index (χ4n) is 2.30. The van der Waals surface area contributed by atoms with Crippen LogP contribution in [0.5, 0.6) is 0 Å². The van der Waals surface area contributed by atoms with E-state index in [2.05, 4.69) is 63.6 Å². The first-order valence-electron chi connectivity index (χ1n) is 6.10. The van der Waals surface area contributed by atoms with E-state index in [1.54, 1.807) is 0 Å². The van der Waals surface area contributed by atoms with E-state index in [-0.39, 0.29) is 0 Å². The van der Waals surface area contributed by atoms with Crippen molar-refractivity contribution in [2.45, 2.75) is 39.5 Å². The predicted octanol–water partition coefficient (Wildman–Crippen LogP) is 4.43. The molecule has 0 bridgehead atoms. The molecule has 0 unspecified atom stereocenters. The largest absolute Gasteiger partial charge is 0.347 e. The minimum Gasteiger partial charge on any atom is -0.347 e. The Morgan fingerprint density at radius 2 is 1.62 bits per heavy atom. The molecule has 0 atom stereocenters. The van der Waals surface area contributed by atoms with Gasteiger partial charge in [0, 0.05) is 23.6 Å². The molecule has 1 aromatic carbocycles. The summed E-state index contributed by atoms with van der Waals surface area (Å²) in [6.07, 6.45) is 0. The lowest BCUT2D eigenvalue weighted by atomic mass is 10.0. The average molecular weight is 215 g/mol. The van der Waals surface area contributed by atoms with Crippen LogP contribution in [0.25, 0.3) is 10.9 Å². The van der Waals surface area contributed by atoms with E-state index >= 15 is 0 Å². The summed E-state index contributed by atoms with van der Waals surface area (Å²) in [5.41, 5.74) is 4.18. The smallest absolute Gasteiger partial charge is 0.0480 e. The lowest BCUT2D eigenvalue weighted by Gasteiger charge is -2.07. The van der Waals surface area contributed by atoms with Gasteiger partial charge in [-0.25, -0.2) is 0 Å². The molecule has 0 radical (unpaired) electrons. The molecule has 0 N–H and O–H groups in total. The molecule has 86 valence electrons. The molecule has 0 aliphatic carbocycles. The molecule has 1 aromatic heterocycles. The number of aryl methyl sites for hydroxylation is 1. The van der Waals surface area contributed by atoms with E-state index in [4.69, 9.17) is 0 Å². The molecule has 1 heteroatoms. The third-order valence-electron chi connectivity index (χ3n) is 3.36. The molecule has 2 rings (SSSR count). The Morgan fingerprint density at radius 3 is 2.19 bits per heavy atom. The van der Waals surface area contributed by atoms with E-state index in [1.165, 1.54) is 22.2 Å². The van der Waals surface area contributed by atoms with Gasteiger partial charge in [-0.15, -0.1) is 0 Å². The zero-order chi connectivity index (χ0) is 11.9. The van der Waals surface area contributed by atoms with Gasteiger partial charge in [0.2, 0.25) is 0 Å². The van der Waals surface area contributed by atoms with E-state index in [0.29, 0.717) is 11.8 Å². The summed E-state index contributed by atoms with van der Waals surface area (Å²) in [7, 11) is 2.16. The molecule has 0 amide bonds. The van der Waals surface area contributed by atoms with Crippen LogP contribution < -0.4 is 0 Å². The van der Waals surface area contributed by atoms with Gasteiger partial charge >= 0.3 is 0 Å². The summed E-state index contributed by atoms with van der Waals surface area (Å²) in [5, 5.41) is 1.37. The Morgan fingerprint density at radius 1 is 0.938 bits per heavy atom. The maximum atomic E-state index is 2.33. The van der Waals surface area contributed by atoms with E-state index in [0.717, 1.165) is 0 Å². The zero-order valence-corrected chi connectivity index (χ0v) is 10.9. The van der Waals surface area contributed by atoms with Crippen LogP contribution in [0, 0.1) is 0 Å². The van der Waals surface area contributed by atoms with Crippen LogP contribution in [-0.4, -0.2) is 4.57 Å². The summed E-state index contributed by atoms with van der Waals surface area (Å²) < 4.78 is 2.31. The second-order valence-electron chi connectivity index (χ2n) is 5.26. The second-order valence-corrected chi connectivity index (χ2v) is 5.26. The Kier molecular flexibility index (Phi) is 2.79. The first-order chi connectivity index (χ1) is 7.50. The fourth-order valence-corrected chi connectivity index (χ4v) is 2.30. The third-order valence-corrected chi connectivity index (χ3v) is 3.36. The Hall–Kier alpha value is -1.24. The third kappa shape index (κ3) is 1.75. The van der Waals surface area contributed by atoms with Crippen molar-refractivity contribution in [3.63, 3.8) is 0 Å². The standard InChI is InChI=1S/C15H21N/c1-10(2)12-6-7-14-13(8-12)9-15(11(3)4)16(14)5/h6-11H,1-5H3. The van der Waals surface area contributed by atoms with Crippen LogP contribution in [0.3, 0.4) is 0 Å². The van der Waals surface area contributed by atoms with Crippen LogP contribution in [0.2, 0.25) is 0 Å². The van der Waals surface area contributed by atoms with Crippen molar-refractivity contribution in [1.82, 2.24) is 4.57 Å². The van der Waals surface area contributed by atoms with Crippen molar-refractivity contribution in [3.05, 3.63) is 35.5 Å². The SMILES string of the molecule is CC(C)c1ccc2c(c1)cc(C(C)C)n2C. The lowest BCUT2D eigenvalue weighted by Crippen LogP contribution is -1.97. The fraction of sp³-hybridized carbons (Fsp3) is 0.467. The molecule has 0 aliphatic rings. The Bertz CT molecular complexity index is 503.